The van der Waals surface area contributed by atoms with Crippen molar-refractivity contribution in [2.75, 3.05) is 0 Å². The predicted octanol–water partition coefficient (Wildman–Crippen LogP) is 4.33. The number of benzene rings is 2. The first-order chi connectivity index (χ1) is 13.0. The minimum absolute atomic E-state index is 0.144. The van der Waals surface area contributed by atoms with Crippen LogP contribution in [-0.2, 0) is 5.75 Å². The number of aryl methyl sites for hydroxylation is 2. The van der Waals surface area contributed by atoms with Crippen molar-refractivity contribution in [1.82, 2.24) is 19.7 Å². The highest BCUT2D eigenvalue weighted by Gasteiger charge is 2.15. The van der Waals surface area contributed by atoms with Gasteiger partial charge in [-0.15, -0.1) is 0 Å². The molecule has 6 nitrogen and oxygen atoms in total. The van der Waals surface area contributed by atoms with Crippen molar-refractivity contribution in [2.24, 2.45) is 0 Å². The summed E-state index contributed by atoms with van der Waals surface area (Å²) in [4.78, 5) is 22.1. The number of halogens is 1. The van der Waals surface area contributed by atoms with E-state index in [0.29, 0.717) is 38.5 Å². The van der Waals surface area contributed by atoms with E-state index in [9.17, 15) is 4.79 Å². The van der Waals surface area contributed by atoms with E-state index in [1.54, 1.807) is 29.7 Å². The number of hydrogen-bond donors (Lipinski definition) is 0. The minimum atomic E-state index is -0.144. The lowest BCUT2D eigenvalue weighted by atomic mass is 10.2. The maximum absolute atomic E-state index is 13.2. The zero-order chi connectivity index (χ0) is 19.0. The summed E-state index contributed by atoms with van der Waals surface area (Å²) >= 11 is 7.46. The topological polar surface area (TPSA) is 73.8 Å². The van der Waals surface area contributed by atoms with E-state index in [4.69, 9.17) is 16.1 Å². The van der Waals surface area contributed by atoms with Gasteiger partial charge in [0, 0.05) is 11.9 Å². The van der Waals surface area contributed by atoms with E-state index in [1.165, 1.54) is 11.8 Å². The summed E-state index contributed by atoms with van der Waals surface area (Å²) < 4.78 is 6.62. The third-order valence-electron chi connectivity index (χ3n) is 3.96. The van der Waals surface area contributed by atoms with Gasteiger partial charge in [-0.1, -0.05) is 40.7 Å². The van der Waals surface area contributed by atoms with Crippen molar-refractivity contribution in [3.63, 3.8) is 0 Å². The SMILES string of the molecule is Cc1cccc(-n2c(SCc3noc(C)n3)nc3cc(Cl)ccc3c2=O)c1. The summed E-state index contributed by atoms with van der Waals surface area (Å²) in [6, 6.07) is 12.8. The molecule has 4 rings (SSSR count). The lowest BCUT2D eigenvalue weighted by Gasteiger charge is -2.13. The first kappa shape index (κ1) is 17.8. The van der Waals surface area contributed by atoms with Crippen LogP contribution < -0.4 is 5.56 Å². The molecule has 0 aliphatic rings. The van der Waals surface area contributed by atoms with Crippen molar-refractivity contribution in [3.8, 4) is 5.69 Å². The summed E-state index contributed by atoms with van der Waals surface area (Å²) in [5, 5.41) is 5.50. The third kappa shape index (κ3) is 3.61. The van der Waals surface area contributed by atoms with Gasteiger partial charge in [-0.2, -0.15) is 4.98 Å². The van der Waals surface area contributed by atoms with E-state index >= 15 is 0 Å². The van der Waals surface area contributed by atoms with Gasteiger partial charge in [-0.25, -0.2) is 4.98 Å². The van der Waals surface area contributed by atoms with E-state index in [-0.39, 0.29) is 5.56 Å². The second-order valence-electron chi connectivity index (χ2n) is 6.05. The van der Waals surface area contributed by atoms with Gasteiger partial charge in [0.2, 0.25) is 5.89 Å². The van der Waals surface area contributed by atoms with Crippen LogP contribution >= 0.6 is 23.4 Å². The Hall–Kier alpha value is -2.64. The Labute approximate surface area is 164 Å². The molecule has 0 radical (unpaired) electrons. The first-order valence-electron chi connectivity index (χ1n) is 8.22. The van der Waals surface area contributed by atoms with Gasteiger partial charge in [-0.3, -0.25) is 9.36 Å². The number of rotatable bonds is 4. The molecule has 0 unspecified atom stereocenters. The molecular formula is C19H15ClN4O2S. The van der Waals surface area contributed by atoms with Crippen LogP contribution in [0.4, 0.5) is 0 Å². The predicted molar refractivity (Wildman–Crippen MR) is 106 cm³/mol. The zero-order valence-corrected chi connectivity index (χ0v) is 16.2. The van der Waals surface area contributed by atoms with Gasteiger partial charge in [0.15, 0.2) is 11.0 Å². The smallest absolute Gasteiger partial charge is 0.266 e. The molecule has 0 atom stereocenters. The monoisotopic (exact) mass is 398 g/mol. The normalized spacial score (nSPS) is 11.2. The molecule has 0 saturated heterocycles. The van der Waals surface area contributed by atoms with Crippen LogP contribution in [0.1, 0.15) is 17.3 Å². The fourth-order valence-corrected chi connectivity index (χ4v) is 3.78. The van der Waals surface area contributed by atoms with Gasteiger partial charge in [0.05, 0.1) is 22.3 Å². The molecule has 0 N–H and O–H groups in total. The maximum atomic E-state index is 13.2. The Kier molecular flexibility index (Phi) is 4.72. The van der Waals surface area contributed by atoms with Crippen molar-refractivity contribution in [1.29, 1.82) is 0 Å². The first-order valence-corrected chi connectivity index (χ1v) is 9.59. The Balaban J connectivity index is 1.88. The third-order valence-corrected chi connectivity index (χ3v) is 5.13. The van der Waals surface area contributed by atoms with Crippen LogP contribution in [0.5, 0.6) is 0 Å². The number of nitrogens with zero attached hydrogens (tertiary/aromatic N) is 4. The fourth-order valence-electron chi connectivity index (χ4n) is 2.76. The van der Waals surface area contributed by atoms with Crippen molar-refractivity contribution >= 4 is 34.3 Å². The summed E-state index contributed by atoms with van der Waals surface area (Å²) in [6.45, 7) is 3.72. The molecule has 4 aromatic rings. The second-order valence-corrected chi connectivity index (χ2v) is 7.43. The number of hydrogen-bond acceptors (Lipinski definition) is 6. The maximum Gasteiger partial charge on any atom is 0.266 e. The molecule has 0 amide bonds. The molecule has 2 heterocycles. The summed E-state index contributed by atoms with van der Waals surface area (Å²) in [6.07, 6.45) is 0. The average molecular weight is 399 g/mol. The van der Waals surface area contributed by atoms with E-state index in [0.717, 1.165) is 11.3 Å². The number of thioether (sulfide) groups is 1. The molecule has 0 fully saturated rings. The molecule has 0 bridgehead atoms. The van der Waals surface area contributed by atoms with Crippen molar-refractivity contribution in [2.45, 2.75) is 24.8 Å². The molecule has 0 saturated carbocycles. The van der Waals surface area contributed by atoms with Gasteiger partial charge in [-0.05, 0) is 42.8 Å². The summed E-state index contributed by atoms with van der Waals surface area (Å²) in [7, 11) is 0. The molecule has 2 aromatic carbocycles. The van der Waals surface area contributed by atoms with Gasteiger partial charge >= 0.3 is 0 Å². The Morgan fingerprint density at radius 1 is 1.15 bits per heavy atom. The van der Waals surface area contributed by atoms with E-state index < -0.39 is 0 Å². The largest absolute Gasteiger partial charge is 0.340 e. The Bertz CT molecular complexity index is 1200. The molecule has 0 aliphatic heterocycles. The Morgan fingerprint density at radius 3 is 2.74 bits per heavy atom. The quantitative estimate of drug-likeness (QED) is 0.376. The average Bonchev–Trinajstić information content (AvgIpc) is 3.05. The van der Waals surface area contributed by atoms with Crippen LogP contribution in [-0.4, -0.2) is 19.7 Å². The van der Waals surface area contributed by atoms with Crippen LogP contribution in [0, 0.1) is 13.8 Å². The van der Waals surface area contributed by atoms with Crippen LogP contribution in [0.3, 0.4) is 0 Å². The summed E-state index contributed by atoms with van der Waals surface area (Å²) in [5.41, 5.74) is 2.23. The van der Waals surface area contributed by atoms with Crippen LogP contribution in [0.2, 0.25) is 5.02 Å². The fraction of sp³-hybridized carbons (Fsp3) is 0.158. The zero-order valence-electron chi connectivity index (χ0n) is 14.6. The van der Waals surface area contributed by atoms with Crippen LogP contribution in [0.15, 0.2) is 56.9 Å². The minimum Gasteiger partial charge on any atom is -0.340 e. The van der Waals surface area contributed by atoms with Gasteiger partial charge < -0.3 is 4.52 Å². The van der Waals surface area contributed by atoms with E-state index in [2.05, 4.69) is 15.1 Å². The van der Waals surface area contributed by atoms with Gasteiger partial charge in [0.1, 0.15) is 0 Å². The molecule has 2 aromatic heterocycles. The van der Waals surface area contributed by atoms with Crippen molar-refractivity contribution < 1.29 is 4.52 Å². The highest BCUT2D eigenvalue weighted by molar-refractivity contribution is 7.98. The summed E-state index contributed by atoms with van der Waals surface area (Å²) in [5.74, 6) is 1.48. The van der Waals surface area contributed by atoms with Gasteiger partial charge in [0.25, 0.3) is 5.56 Å². The number of aromatic nitrogens is 4. The molecule has 27 heavy (non-hydrogen) atoms. The molecule has 0 aliphatic carbocycles. The molecule has 0 spiro atoms. The highest BCUT2D eigenvalue weighted by atomic mass is 35.5. The highest BCUT2D eigenvalue weighted by Crippen LogP contribution is 2.25. The standard InChI is InChI=1S/C19H15ClN4O2S/c1-11-4-3-5-14(8-11)24-18(25)15-7-6-13(20)9-16(15)22-19(24)27-10-17-21-12(2)26-23-17/h3-9H,10H2,1-2H3. The number of fused-ring (bicyclic) bond motifs is 1. The molecule has 136 valence electrons. The molecular weight excluding hydrogens is 384 g/mol. The molecule has 8 heteroatoms. The van der Waals surface area contributed by atoms with Crippen molar-refractivity contribution in [3.05, 3.63) is 75.1 Å². The second kappa shape index (κ2) is 7.17. The lowest BCUT2D eigenvalue weighted by Crippen LogP contribution is -2.21. The van der Waals surface area contributed by atoms with Crippen LogP contribution in [0.25, 0.3) is 16.6 Å². The lowest BCUT2D eigenvalue weighted by molar-refractivity contribution is 0.389. The van der Waals surface area contributed by atoms with E-state index in [1.807, 2.05) is 31.2 Å². The Morgan fingerprint density at radius 2 is 2.00 bits per heavy atom.